The zero-order valence-corrected chi connectivity index (χ0v) is 16.4. The average molecular weight is 387 g/mol. The maximum Gasteiger partial charge on any atom is 0.251 e. The number of aromatic amines is 1. The Hall–Kier alpha value is -2.15. The van der Waals surface area contributed by atoms with E-state index in [-0.39, 0.29) is 23.4 Å². The molecule has 0 aromatic carbocycles. The Bertz CT molecular complexity index is 803. The van der Waals surface area contributed by atoms with Crippen molar-refractivity contribution in [3.05, 3.63) is 46.6 Å². The van der Waals surface area contributed by atoms with Gasteiger partial charge in [0.2, 0.25) is 5.91 Å². The largest absolute Gasteiger partial charge is 0.347 e. The summed E-state index contributed by atoms with van der Waals surface area (Å²) in [6.45, 7) is 0. The van der Waals surface area contributed by atoms with Crippen LogP contribution in [-0.2, 0) is 4.79 Å². The molecule has 1 fully saturated rings. The first-order valence-electron chi connectivity index (χ1n) is 9.48. The van der Waals surface area contributed by atoms with Crippen LogP contribution in [0.5, 0.6) is 0 Å². The van der Waals surface area contributed by atoms with E-state index in [4.69, 9.17) is 0 Å². The summed E-state index contributed by atoms with van der Waals surface area (Å²) in [7, 11) is 0. The van der Waals surface area contributed by atoms with E-state index in [0.29, 0.717) is 11.5 Å². The molecule has 2 heterocycles. The average Bonchev–Trinajstić information content (AvgIpc) is 2.71. The van der Waals surface area contributed by atoms with E-state index in [9.17, 15) is 9.59 Å². The molecule has 6 nitrogen and oxygen atoms in total. The van der Waals surface area contributed by atoms with Crippen LogP contribution in [0.2, 0.25) is 0 Å². The van der Waals surface area contributed by atoms with E-state index in [1.54, 1.807) is 30.2 Å². The number of aromatic nitrogens is 3. The zero-order valence-electron chi connectivity index (χ0n) is 15.6. The monoisotopic (exact) mass is 386 g/mol. The van der Waals surface area contributed by atoms with Crippen LogP contribution in [0.4, 0.5) is 0 Å². The van der Waals surface area contributed by atoms with Crippen molar-refractivity contribution >= 4 is 17.7 Å². The highest BCUT2D eigenvalue weighted by Crippen LogP contribution is 2.26. The van der Waals surface area contributed by atoms with Gasteiger partial charge in [0, 0.05) is 29.9 Å². The Morgan fingerprint density at radius 3 is 2.89 bits per heavy atom. The smallest absolute Gasteiger partial charge is 0.251 e. The molecule has 1 atom stereocenters. The van der Waals surface area contributed by atoms with Crippen LogP contribution in [0.1, 0.15) is 50.3 Å². The number of nitrogens with zero attached hydrogens (tertiary/aromatic N) is 2. The molecule has 27 heavy (non-hydrogen) atoms. The van der Waals surface area contributed by atoms with Gasteiger partial charge in [0.1, 0.15) is 5.82 Å². The summed E-state index contributed by atoms with van der Waals surface area (Å²) in [5.74, 6) is 1.53. The number of nitrogens with one attached hydrogen (secondary N) is 2. The van der Waals surface area contributed by atoms with Gasteiger partial charge in [-0.3, -0.25) is 14.6 Å². The number of H-pyrrole nitrogens is 1. The molecule has 0 aliphatic heterocycles. The fourth-order valence-corrected chi connectivity index (χ4v) is 3.95. The van der Waals surface area contributed by atoms with Crippen molar-refractivity contribution in [2.75, 3.05) is 12.0 Å². The number of amides is 1. The minimum absolute atomic E-state index is 0.0790. The van der Waals surface area contributed by atoms with Crippen LogP contribution >= 0.6 is 11.8 Å². The minimum Gasteiger partial charge on any atom is -0.347 e. The zero-order chi connectivity index (χ0) is 19.1. The first-order valence-corrected chi connectivity index (χ1v) is 10.9. The summed E-state index contributed by atoms with van der Waals surface area (Å²) in [6.07, 6.45) is 11.5. The van der Waals surface area contributed by atoms with Crippen molar-refractivity contribution < 1.29 is 4.79 Å². The second kappa shape index (κ2) is 9.69. The molecule has 0 spiro atoms. The number of hydrogen-bond acceptors (Lipinski definition) is 5. The van der Waals surface area contributed by atoms with Gasteiger partial charge in [0.05, 0.1) is 11.7 Å². The predicted molar refractivity (Wildman–Crippen MR) is 109 cm³/mol. The standard InChI is InChI=1S/C20H26N4O2S/c1-27-11-9-16(23-20(26)14-6-3-2-4-7-14)17-12-18(25)24-19(22-17)15-8-5-10-21-13-15/h5,8,10,12-14,16H,2-4,6-7,9,11H2,1H3,(H,23,26)(H,22,24,25)/t16-/m0/s1. The van der Waals surface area contributed by atoms with Crippen LogP contribution in [-0.4, -0.2) is 32.9 Å². The SMILES string of the molecule is CSCC[C@H](NC(=O)C1CCCCC1)c1cc(=O)[nH]c(-c2cccnc2)n1. The quantitative estimate of drug-likeness (QED) is 0.762. The molecule has 7 heteroatoms. The number of thioether (sulfide) groups is 1. The number of carbonyl (C=O) groups is 1. The third-order valence-corrected chi connectivity index (χ3v) is 5.60. The summed E-state index contributed by atoms with van der Waals surface area (Å²) in [6, 6.07) is 4.89. The summed E-state index contributed by atoms with van der Waals surface area (Å²) >= 11 is 1.72. The predicted octanol–water partition coefficient (Wildman–Crippen LogP) is 3.32. The van der Waals surface area contributed by atoms with Crippen LogP contribution in [0, 0.1) is 5.92 Å². The normalized spacial score (nSPS) is 16.0. The van der Waals surface area contributed by atoms with Gasteiger partial charge in [0.25, 0.3) is 5.56 Å². The van der Waals surface area contributed by atoms with Gasteiger partial charge in [-0.15, -0.1) is 0 Å². The lowest BCUT2D eigenvalue weighted by Gasteiger charge is -2.25. The van der Waals surface area contributed by atoms with Crippen LogP contribution in [0.25, 0.3) is 11.4 Å². The first-order chi connectivity index (χ1) is 13.2. The molecule has 0 bridgehead atoms. The lowest BCUT2D eigenvalue weighted by Crippen LogP contribution is -2.36. The Labute approximate surface area is 163 Å². The molecule has 1 saturated carbocycles. The van der Waals surface area contributed by atoms with Crippen LogP contribution < -0.4 is 10.9 Å². The number of hydrogen-bond donors (Lipinski definition) is 2. The topological polar surface area (TPSA) is 87.7 Å². The molecule has 1 amide bonds. The van der Waals surface area contributed by atoms with Crippen LogP contribution in [0.3, 0.4) is 0 Å². The molecule has 2 aromatic rings. The van der Waals surface area contributed by atoms with Crippen LogP contribution in [0.15, 0.2) is 35.4 Å². The molecule has 0 radical (unpaired) electrons. The third-order valence-electron chi connectivity index (χ3n) is 4.96. The van der Waals surface area contributed by atoms with Crippen molar-refractivity contribution in [1.82, 2.24) is 20.3 Å². The van der Waals surface area contributed by atoms with Crippen molar-refractivity contribution in [3.63, 3.8) is 0 Å². The van der Waals surface area contributed by atoms with E-state index in [0.717, 1.165) is 43.4 Å². The minimum atomic E-state index is -0.260. The molecular formula is C20H26N4O2S. The molecule has 1 aliphatic rings. The van der Waals surface area contributed by atoms with E-state index >= 15 is 0 Å². The van der Waals surface area contributed by atoms with Gasteiger partial charge in [-0.25, -0.2) is 4.98 Å². The van der Waals surface area contributed by atoms with E-state index < -0.39 is 0 Å². The second-order valence-electron chi connectivity index (χ2n) is 6.94. The molecule has 0 saturated heterocycles. The lowest BCUT2D eigenvalue weighted by molar-refractivity contribution is -0.126. The summed E-state index contributed by atoms with van der Waals surface area (Å²) in [5.41, 5.74) is 1.13. The maximum absolute atomic E-state index is 12.7. The Balaban J connectivity index is 1.84. The summed E-state index contributed by atoms with van der Waals surface area (Å²) in [5, 5.41) is 3.16. The second-order valence-corrected chi connectivity index (χ2v) is 7.92. The molecule has 3 rings (SSSR count). The maximum atomic E-state index is 12.7. The van der Waals surface area contributed by atoms with Gasteiger partial charge >= 0.3 is 0 Å². The van der Waals surface area contributed by atoms with Crippen molar-refractivity contribution in [2.24, 2.45) is 5.92 Å². The summed E-state index contributed by atoms with van der Waals surface area (Å²) < 4.78 is 0. The van der Waals surface area contributed by atoms with Gasteiger partial charge < -0.3 is 10.3 Å². The molecule has 1 aliphatic carbocycles. The highest BCUT2D eigenvalue weighted by atomic mass is 32.2. The fourth-order valence-electron chi connectivity index (χ4n) is 3.48. The lowest BCUT2D eigenvalue weighted by atomic mass is 9.88. The highest BCUT2D eigenvalue weighted by molar-refractivity contribution is 7.98. The molecule has 144 valence electrons. The first kappa shape index (κ1) is 19.6. The van der Waals surface area contributed by atoms with Crippen molar-refractivity contribution in [2.45, 2.75) is 44.6 Å². The third kappa shape index (κ3) is 5.42. The Morgan fingerprint density at radius 2 is 2.19 bits per heavy atom. The van der Waals surface area contributed by atoms with E-state index in [1.807, 2.05) is 12.3 Å². The van der Waals surface area contributed by atoms with Crippen molar-refractivity contribution in [1.29, 1.82) is 0 Å². The van der Waals surface area contributed by atoms with Gasteiger partial charge in [0.15, 0.2) is 0 Å². The van der Waals surface area contributed by atoms with E-state index in [2.05, 4.69) is 20.3 Å². The molecule has 2 aromatic heterocycles. The number of carbonyl (C=O) groups excluding carboxylic acids is 1. The Morgan fingerprint density at radius 1 is 1.37 bits per heavy atom. The van der Waals surface area contributed by atoms with Gasteiger partial charge in [-0.2, -0.15) is 11.8 Å². The Kier molecular flexibility index (Phi) is 7.04. The molecule has 0 unspecified atom stereocenters. The fraction of sp³-hybridized carbons (Fsp3) is 0.500. The van der Waals surface area contributed by atoms with Gasteiger partial charge in [-0.05, 0) is 43.4 Å². The molecular weight excluding hydrogens is 360 g/mol. The summed E-state index contributed by atoms with van der Waals surface area (Å²) in [4.78, 5) is 36.5. The molecule has 2 N–H and O–H groups in total. The number of pyridine rings is 1. The van der Waals surface area contributed by atoms with Crippen molar-refractivity contribution in [3.8, 4) is 11.4 Å². The highest BCUT2D eigenvalue weighted by Gasteiger charge is 2.25. The van der Waals surface area contributed by atoms with E-state index in [1.165, 1.54) is 12.5 Å². The number of rotatable bonds is 7. The van der Waals surface area contributed by atoms with Gasteiger partial charge in [-0.1, -0.05) is 19.3 Å².